The average Bonchev–Trinajstić information content (AvgIpc) is 3.51. The standard InChI is InChI=1S/C28H25F4N5O4S/c1-3-34-25-36-18-9-6-15(10-19(18)42-25)23(38)35-12-27(40,28(30,31)32)20-11-17-22(41-13-26(17,2)24(33)39)21(37-20)14-4-7-16(29)8-5-14/h4-11,40H,3,12-13H2,1-2H3,(H2,33,39)(H,34,36)(H,35,38)/t26-,27-/m0/s1. The summed E-state index contributed by atoms with van der Waals surface area (Å²) in [7, 11) is 0. The minimum atomic E-state index is -5.33. The Kier molecular flexibility index (Phi) is 7.31. The van der Waals surface area contributed by atoms with Crippen molar-refractivity contribution in [1.29, 1.82) is 0 Å². The average molecular weight is 604 g/mol. The number of nitrogens with zero attached hydrogens (tertiary/aromatic N) is 2. The van der Waals surface area contributed by atoms with E-state index < -0.39 is 47.1 Å². The van der Waals surface area contributed by atoms with Crippen LogP contribution in [-0.4, -0.2) is 52.8 Å². The lowest BCUT2D eigenvalue weighted by molar-refractivity contribution is -0.265. The number of primary amides is 1. The molecule has 3 heterocycles. The van der Waals surface area contributed by atoms with Gasteiger partial charge in [0.2, 0.25) is 11.5 Å². The van der Waals surface area contributed by atoms with Crippen LogP contribution in [0.25, 0.3) is 21.5 Å². The number of pyridine rings is 1. The number of thiazole rings is 1. The Balaban J connectivity index is 1.55. The molecule has 0 saturated carbocycles. The topological polar surface area (TPSA) is 139 Å². The highest BCUT2D eigenvalue weighted by atomic mass is 32.1. The van der Waals surface area contributed by atoms with Crippen molar-refractivity contribution in [2.24, 2.45) is 5.73 Å². The highest BCUT2D eigenvalue weighted by Gasteiger charge is 2.57. The Hall–Kier alpha value is -4.30. The van der Waals surface area contributed by atoms with E-state index in [0.29, 0.717) is 21.9 Å². The third-order valence-corrected chi connectivity index (χ3v) is 8.09. The van der Waals surface area contributed by atoms with Crippen molar-refractivity contribution in [3.8, 4) is 17.0 Å². The molecule has 0 bridgehead atoms. The zero-order chi connectivity index (χ0) is 30.4. The van der Waals surface area contributed by atoms with Crippen LogP contribution in [0.4, 0.5) is 22.7 Å². The fourth-order valence-corrected chi connectivity index (χ4v) is 5.51. The van der Waals surface area contributed by atoms with Crippen LogP contribution in [0.1, 0.15) is 35.5 Å². The van der Waals surface area contributed by atoms with E-state index in [-0.39, 0.29) is 34.7 Å². The number of fused-ring (bicyclic) bond motifs is 2. The van der Waals surface area contributed by atoms with Crippen LogP contribution >= 0.6 is 11.3 Å². The van der Waals surface area contributed by atoms with Crippen molar-refractivity contribution in [2.45, 2.75) is 31.0 Å². The summed E-state index contributed by atoms with van der Waals surface area (Å²) in [6.45, 7) is 2.33. The maximum Gasteiger partial charge on any atom is 0.424 e. The van der Waals surface area contributed by atoms with Gasteiger partial charge in [0.15, 0.2) is 5.13 Å². The minimum absolute atomic E-state index is 0.0185. The number of hydrogen-bond acceptors (Lipinski definition) is 8. The number of carbonyl (C=O) groups is 2. The molecule has 5 rings (SSSR count). The van der Waals surface area contributed by atoms with Crippen molar-refractivity contribution >= 4 is 38.5 Å². The van der Waals surface area contributed by atoms with Crippen molar-refractivity contribution in [3.63, 3.8) is 0 Å². The number of ether oxygens (including phenoxy) is 1. The molecule has 0 aliphatic carbocycles. The van der Waals surface area contributed by atoms with E-state index in [1.165, 1.54) is 42.5 Å². The Bertz CT molecular complexity index is 1690. The van der Waals surface area contributed by atoms with Gasteiger partial charge in [-0.2, -0.15) is 13.2 Å². The Morgan fingerprint density at radius 1 is 1.14 bits per heavy atom. The van der Waals surface area contributed by atoms with Crippen LogP contribution in [-0.2, 0) is 15.8 Å². The van der Waals surface area contributed by atoms with Crippen LogP contribution in [0.15, 0.2) is 48.5 Å². The zero-order valence-corrected chi connectivity index (χ0v) is 23.1. The van der Waals surface area contributed by atoms with Crippen molar-refractivity contribution in [2.75, 3.05) is 25.0 Å². The Morgan fingerprint density at radius 3 is 2.50 bits per heavy atom. The van der Waals surface area contributed by atoms with Gasteiger partial charge in [0.1, 0.15) is 29.3 Å². The normalized spacial score (nSPS) is 17.8. The predicted octanol–water partition coefficient (Wildman–Crippen LogP) is 4.24. The number of nitrogens with one attached hydrogen (secondary N) is 2. The third-order valence-electron chi connectivity index (χ3n) is 7.11. The summed E-state index contributed by atoms with van der Waals surface area (Å²) in [6, 6.07) is 10.1. The molecule has 42 heavy (non-hydrogen) atoms. The lowest BCUT2D eigenvalue weighted by Gasteiger charge is -2.31. The second-order valence-electron chi connectivity index (χ2n) is 10.00. The van der Waals surface area contributed by atoms with Gasteiger partial charge in [-0.15, -0.1) is 0 Å². The molecule has 5 N–H and O–H groups in total. The van der Waals surface area contributed by atoms with Gasteiger partial charge in [-0.3, -0.25) is 9.59 Å². The monoisotopic (exact) mass is 603 g/mol. The van der Waals surface area contributed by atoms with Gasteiger partial charge in [0, 0.05) is 23.2 Å². The van der Waals surface area contributed by atoms with E-state index in [4.69, 9.17) is 10.5 Å². The molecule has 2 aromatic heterocycles. The van der Waals surface area contributed by atoms with Crippen LogP contribution in [0.5, 0.6) is 5.75 Å². The number of aliphatic hydroxyl groups is 1. The molecule has 1 aliphatic rings. The summed E-state index contributed by atoms with van der Waals surface area (Å²) in [5, 5.41) is 17.0. The number of alkyl halides is 3. The van der Waals surface area contributed by atoms with Crippen LogP contribution in [0.2, 0.25) is 0 Å². The van der Waals surface area contributed by atoms with E-state index in [1.807, 2.05) is 6.92 Å². The molecule has 2 aromatic carbocycles. The molecule has 0 saturated heterocycles. The first-order valence-corrected chi connectivity index (χ1v) is 13.5. The molecule has 2 amide bonds. The minimum Gasteiger partial charge on any atom is -0.489 e. The summed E-state index contributed by atoms with van der Waals surface area (Å²) in [6.07, 6.45) is -5.33. The number of nitrogens with two attached hydrogens (primary N) is 1. The van der Waals surface area contributed by atoms with Gasteiger partial charge in [0.25, 0.3) is 5.91 Å². The van der Waals surface area contributed by atoms with E-state index in [2.05, 4.69) is 20.6 Å². The highest BCUT2D eigenvalue weighted by Crippen LogP contribution is 2.47. The van der Waals surface area contributed by atoms with Crippen LogP contribution < -0.4 is 21.1 Å². The summed E-state index contributed by atoms with van der Waals surface area (Å²) in [4.78, 5) is 33.8. The smallest absolute Gasteiger partial charge is 0.424 e. The largest absolute Gasteiger partial charge is 0.489 e. The lowest BCUT2D eigenvalue weighted by Crippen LogP contribution is -2.51. The molecule has 220 valence electrons. The molecule has 4 aromatic rings. The van der Waals surface area contributed by atoms with Gasteiger partial charge in [0.05, 0.1) is 22.5 Å². The number of amides is 2. The molecule has 9 nitrogen and oxygen atoms in total. The summed E-state index contributed by atoms with van der Waals surface area (Å²) >= 11 is 1.28. The quantitative estimate of drug-likeness (QED) is 0.221. The zero-order valence-electron chi connectivity index (χ0n) is 22.3. The molecule has 0 fully saturated rings. The fraction of sp³-hybridized carbons (Fsp3) is 0.286. The number of hydrogen-bond donors (Lipinski definition) is 4. The van der Waals surface area contributed by atoms with Crippen molar-refractivity contribution in [3.05, 3.63) is 71.2 Å². The van der Waals surface area contributed by atoms with E-state index >= 15 is 0 Å². The maximum absolute atomic E-state index is 14.6. The first-order valence-electron chi connectivity index (χ1n) is 12.7. The highest BCUT2D eigenvalue weighted by molar-refractivity contribution is 7.22. The van der Waals surface area contributed by atoms with Crippen LogP contribution in [0.3, 0.4) is 0 Å². The van der Waals surface area contributed by atoms with Crippen molar-refractivity contribution < 1.29 is 37.0 Å². The second kappa shape index (κ2) is 10.5. The fourth-order valence-electron chi connectivity index (χ4n) is 4.54. The van der Waals surface area contributed by atoms with E-state index in [9.17, 15) is 32.3 Å². The number of aromatic nitrogens is 2. The third kappa shape index (κ3) is 5.00. The molecule has 2 atom stereocenters. The second-order valence-corrected chi connectivity index (χ2v) is 11.0. The number of halogens is 4. The molecule has 0 unspecified atom stereocenters. The van der Waals surface area contributed by atoms with Gasteiger partial charge >= 0.3 is 6.18 Å². The Morgan fingerprint density at radius 2 is 1.86 bits per heavy atom. The van der Waals surface area contributed by atoms with Crippen LogP contribution in [0, 0.1) is 5.82 Å². The van der Waals surface area contributed by atoms with Gasteiger partial charge in [-0.25, -0.2) is 14.4 Å². The molecule has 14 heteroatoms. The Labute approximate surface area is 240 Å². The molecule has 0 radical (unpaired) electrons. The number of carbonyl (C=O) groups excluding carboxylic acids is 2. The first-order chi connectivity index (χ1) is 19.8. The SMILES string of the molecule is CCNc1nc2ccc(C(=O)NC[C@](O)(c3cc4c(c(-c5ccc(F)cc5)n3)OC[C@]4(C)C(N)=O)C(F)(F)F)cc2s1. The summed E-state index contributed by atoms with van der Waals surface area (Å²) in [5.74, 6) is -2.36. The van der Waals surface area contributed by atoms with Gasteiger partial charge < -0.3 is 26.2 Å². The maximum atomic E-state index is 14.6. The number of anilines is 1. The van der Waals surface area contributed by atoms with Gasteiger partial charge in [-0.1, -0.05) is 11.3 Å². The van der Waals surface area contributed by atoms with Gasteiger partial charge in [-0.05, 0) is 62.4 Å². The number of benzene rings is 2. The predicted molar refractivity (Wildman–Crippen MR) is 148 cm³/mol. The van der Waals surface area contributed by atoms with E-state index in [1.54, 1.807) is 6.07 Å². The molecular weight excluding hydrogens is 578 g/mol. The van der Waals surface area contributed by atoms with E-state index in [0.717, 1.165) is 18.2 Å². The number of rotatable bonds is 8. The summed E-state index contributed by atoms with van der Waals surface area (Å²) in [5.41, 5.74) is 0.0877. The molecular formula is C28H25F4N5O4S. The first kappa shape index (κ1) is 29.2. The van der Waals surface area contributed by atoms with Crippen molar-refractivity contribution in [1.82, 2.24) is 15.3 Å². The molecule has 0 spiro atoms. The summed E-state index contributed by atoms with van der Waals surface area (Å²) < 4.78 is 63.7. The molecule has 1 aliphatic heterocycles. The lowest BCUT2D eigenvalue weighted by atomic mass is 9.81.